The number of amides is 1. The molecule has 2 heterocycles. The Hall–Kier alpha value is -1.06. The number of fused-ring (bicyclic) bond motifs is 1. The Kier molecular flexibility index (Phi) is 4.82. The SMILES string of the molecule is O=C(C1CCN(C2CCCCC2)C1)N1CCc2ccc(Cl)cc2C1. The Morgan fingerprint density at radius 2 is 1.88 bits per heavy atom. The molecule has 2 aliphatic heterocycles. The molecule has 1 aromatic rings. The van der Waals surface area contributed by atoms with Crippen molar-refractivity contribution < 1.29 is 4.79 Å². The van der Waals surface area contributed by atoms with Gasteiger partial charge in [0.2, 0.25) is 5.91 Å². The lowest BCUT2D eigenvalue weighted by Gasteiger charge is -2.33. The van der Waals surface area contributed by atoms with Crippen molar-refractivity contribution in [1.82, 2.24) is 9.80 Å². The standard InChI is InChI=1S/C20H27ClN2O/c21-18-7-6-15-8-11-23(14-17(15)12-18)20(24)16-9-10-22(13-16)19-4-2-1-3-5-19/h6-7,12,16,19H,1-5,8-11,13-14H2. The van der Waals surface area contributed by atoms with Gasteiger partial charge in [-0.25, -0.2) is 0 Å². The molecule has 0 radical (unpaired) electrons. The average molecular weight is 347 g/mol. The van der Waals surface area contributed by atoms with Crippen LogP contribution in [0.15, 0.2) is 18.2 Å². The van der Waals surface area contributed by atoms with Crippen LogP contribution >= 0.6 is 11.6 Å². The van der Waals surface area contributed by atoms with Gasteiger partial charge in [0.25, 0.3) is 0 Å². The van der Waals surface area contributed by atoms with Crippen molar-refractivity contribution in [1.29, 1.82) is 0 Å². The van der Waals surface area contributed by atoms with Crippen LogP contribution in [-0.2, 0) is 17.8 Å². The van der Waals surface area contributed by atoms with E-state index in [2.05, 4.69) is 15.9 Å². The Balaban J connectivity index is 1.38. The maximum absolute atomic E-state index is 13.0. The van der Waals surface area contributed by atoms with Crippen molar-refractivity contribution in [3.05, 3.63) is 34.3 Å². The molecule has 0 aromatic heterocycles. The van der Waals surface area contributed by atoms with E-state index in [1.54, 1.807) is 0 Å². The second kappa shape index (κ2) is 7.05. The molecule has 0 bridgehead atoms. The van der Waals surface area contributed by atoms with Crippen LogP contribution in [0.2, 0.25) is 5.02 Å². The van der Waals surface area contributed by atoms with Gasteiger partial charge in [-0.05, 0) is 55.5 Å². The van der Waals surface area contributed by atoms with Crippen LogP contribution in [0.5, 0.6) is 0 Å². The minimum Gasteiger partial charge on any atom is -0.338 e. The minimum absolute atomic E-state index is 0.202. The number of nitrogens with zero attached hydrogens (tertiary/aromatic N) is 2. The van der Waals surface area contributed by atoms with Crippen LogP contribution in [0.3, 0.4) is 0 Å². The summed E-state index contributed by atoms with van der Waals surface area (Å²) in [4.78, 5) is 17.6. The highest BCUT2D eigenvalue weighted by atomic mass is 35.5. The molecule has 1 amide bonds. The van der Waals surface area contributed by atoms with Crippen molar-refractivity contribution in [2.75, 3.05) is 19.6 Å². The van der Waals surface area contributed by atoms with Crippen LogP contribution in [-0.4, -0.2) is 41.4 Å². The molecular formula is C20H27ClN2O. The number of benzene rings is 1. The summed E-state index contributed by atoms with van der Waals surface area (Å²) in [6.07, 6.45) is 8.77. The third kappa shape index (κ3) is 3.34. The smallest absolute Gasteiger partial charge is 0.227 e. The normalized spacial score (nSPS) is 25.7. The lowest BCUT2D eigenvalue weighted by atomic mass is 9.94. The van der Waals surface area contributed by atoms with E-state index in [0.29, 0.717) is 5.91 Å². The third-order valence-corrected chi connectivity index (χ3v) is 6.39. The van der Waals surface area contributed by atoms with Gasteiger partial charge in [0, 0.05) is 30.7 Å². The Bertz CT molecular complexity index is 612. The topological polar surface area (TPSA) is 23.6 Å². The molecule has 130 valence electrons. The first-order chi connectivity index (χ1) is 11.7. The first-order valence-corrected chi connectivity index (χ1v) is 9.88. The molecule has 3 nitrogen and oxygen atoms in total. The number of hydrogen-bond donors (Lipinski definition) is 0. The summed E-state index contributed by atoms with van der Waals surface area (Å²) >= 11 is 6.13. The van der Waals surface area contributed by atoms with Crippen LogP contribution in [0.4, 0.5) is 0 Å². The van der Waals surface area contributed by atoms with Crippen molar-refractivity contribution >= 4 is 17.5 Å². The van der Waals surface area contributed by atoms with E-state index in [1.807, 2.05) is 12.1 Å². The third-order valence-electron chi connectivity index (χ3n) is 6.15. The number of hydrogen-bond acceptors (Lipinski definition) is 2. The van der Waals surface area contributed by atoms with E-state index in [-0.39, 0.29) is 5.92 Å². The summed E-state index contributed by atoms with van der Waals surface area (Å²) in [5.74, 6) is 0.562. The number of carbonyl (C=O) groups excluding carboxylic acids is 1. The second-order valence-electron chi connectivity index (χ2n) is 7.70. The van der Waals surface area contributed by atoms with E-state index < -0.39 is 0 Å². The summed E-state index contributed by atoms with van der Waals surface area (Å²) in [5, 5.41) is 0.771. The van der Waals surface area contributed by atoms with Crippen LogP contribution in [0.1, 0.15) is 49.7 Å². The lowest BCUT2D eigenvalue weighted by molar-refractivity contribution is -0.136. The minimum atomic E-state index is 0.202. The fourth-order valence-corrected chi connectivity index (χ4v) is 4.93. The molecular weight excluding hydrogens is 320 g/mol. The van der Waals surface area contributed by atoms with Crippen molar-refractivity contribution in [2.45, 2.75) is 57.5 Å². The molecule has 3 aliphatic rings. The molecule has 0 N–H and O–H groups in total. The Morgan fingerprint density at radius 1 is 1.04 bits per heavy atom. The molecule has 1 unspecified atom stereocenters. The summed E-state index contributed by atoms with van der Waals surface area (Å²) < 4.78 is 0. The molecule has 1 atom stereocenters. The fraction of sp³-hybridized carbons (Fsp3) is 0.650. The van der Waals surface area contributed by atoms with Gasteiger partial charge in [0.05, 0.1) is 5.92 Å². The average Bonchev–Trinajstić information content (AvgIpc) is 3.11. The highest BCUT2D eigenvalue weighted by Crippen LogP contribution is 2.30. The van der Waals surface area contributed by atoms with Gasteiger partial charge in [0.15, 0.2) is 0 Å². The van der Waals surface area contributed by atoms with E-state index in [1.165, 1.54) is 43.2 Å². The van der Waals surface area contributed by atoms with Gasteiger partial charge in [-0.15, -0.1) is 0 Å². The molecule has 1 saturated carbocycles. The zero-order valence-corrected chi connectivity index (χ0v) is 15.1. The highest BCUT2D eigenvalue weighted by Gasteiger charge is 2.35. The van der Waals surface area contributed by atoms with E-state index in [4.69, 9.17) is 11.6 Å². The van der Waals surface area contributed by atoms with Crippen LogP contribution in [0.25, 0.3) is 0 Å². The Morgan fingerprint density at radius 3 is 2.71 bits per heavy atom. The van der Waals surface area contributed by atoms with E-state index >= 15 is 0 Å². The maximum Gasteiger partial charge on any atom is 0.227 e. The predicted molar refractivity (Wildman–Crippen MR) is 97.1 cm³/mol. The van der Waals surface area contributed by atoms with Gasteiger partial charge in [0.1, 0.15) is 0 Å². The largest absolute Gasteiger partial charge is 0.338 e. The zero-order chi connectivity index (χ0) is 16.5. The van der Waals surface area contributed by atoms with Crippen molar-refractivity contribution in [3.63, 3.8) is 0 Å². The van der Waals surface area contributed by atoms with Gasteiger partial charge >= 0.3 is 0 Å². The number of halogens is 1. The van der Waals surface area contributed by atoms with Crippen LogP contribution in [0, 0.1) is 5.92 Å². The summed E-state index contributed by atoms with van der Waals surface area (Å²) in [6, 6.07) is 6.83. The zero-order valence-electron chi connectivity index (χ0n) is 14.3. The van der Waals surface area contributed by atoms with Gasteiger partial charge in [-0.1, -0.05) is 36.9 Å². The molecule has 24 heavy (non-hydrogen) atoms. The molecule has 1 saturated heterocycles. The number of rotatable bonds is 2. The first-order valence-electron chi connectivity index (χ1n) is 9.51. The van der Waals surface area contributed by atoms with Gasteiger partial charge < -0.3 is 4.90 Å². The molecule has 4 heteroatoms. The van der Waals surface area contributed by atoms with Crippen molar-refractivity contribution in [2.24, 2.45) is 5.92 Å². The first kappa shape index (κ1) is 16.4. The molecule has 2 fully saturated rings. The maximum atomic E-state index is 13.0. The fourth-order valence-electron chi connectivity index (χ4n) is 4.74. The quantitative estimate of drug-likeness (QED) is 0.811. The van der Waals surface area contributed by atoms with Gasteiger partial charge in [-0.3, -0.25) is 9.69 Å². The summed E-state index contributed by atoms with van der Waals surface area (Å²) in [7, 11) is 0. The van der Waals surface area contributed by atoms with Crippen LogP contribution < -0.4 is 0 Å². The summed E-state index contributed by atoms with van der Waals surface area (Å²) in [5.41, 5.74) is 2.57. The lowest BCUT2D eigenvalue weighted by Crippen LogP contribution is -2.41. The summed E-state index contributed by atoms with van der Waals surface area (Å²) in [6.45, 7) is 3.67. The Labute approximate surface area is 150 Å². The van der Waals surface area contributed by atoms with Gasteiger partial charge in [-0.2, -0.15) is 0 Å². The monoisotopic (exact) mass is 346 g/mol. The molecule has 1 aliphatic carbocycles. The second-order valence-corrected chi connectivity index (χ2v) is 8.13. The molecule has 4 rings (SSSR count). The molecule has 0 spiro atoms. The van der Waals surface area contributed by atoms with E-state index in [9.17, 15) is 4.79 Å². The number of likely N-dealkylation sites (tertiary alicyclic amines) is 1. The number of carbonyl (C=O) groups is 1. The predicted octanol–water partition coefficient (Wildman–Crippen LogP) is 3.88. The van der Waals surface area contributed by atoms with Crippen molar-refractivity contribution in [3.8, 4) is 0 Å². The molecule has 1 aromatic carbocycles. The highest BCUT2D eigenvalue weighted by molar-refractivity contribution is 6.30. The van der Waals surface area contributed by atoms with E-state index in [0.717, 1.165) is 50.1 Å².